The molecular formula is C14H22N2OS. The van der Waals surface area contributed by atoms with Crippen molar-refractivity contribution in [3.8, 4) is 0 Å². The van der Waals surface area contributed by atoms with Gasteiger partial charge in [0.1, 0.15) is 0 Å². The maximum absolute atomic E-state index is 11.6. The van der Waals surface area contributed by atoms with Crippen molar-refractivity contribution in [3.63, 3.8) is 0 Å². The summed E-state index contributed by atoms with van der Waals surface area (Å²) in [5, 5.41) is 6.07. The molecule has 100 valence electrons. The number of carbonyl (C=O) groups is 1. The van der Waals surface area contributed by atoms with E-state index in [4.69, 9.17) is 0 Å². The number of rotatable bonds is 7. The molecule has 0 aliphatic rings. The lowest BCUT2D eigenvalue weighted by molar-refractivity contribution is -0.120. The smallest absolute Gasteiger partial charge is 0.233 e. The molecule has 1 aromatic carbocycles. The Labute approximate surface area is 114 Å². The monoisotopic (exact) mass is 266 g/mol. The van der Waals surface area contributed by atoms with Gasteiger partial charge in [0.05, 0.1) is 5.25 Å². The van der Waals surface area contributed by atoms with Gasteiger partial charge in [0.25, 0.3) is 0 Å². The predicted octanol–water partition coefficient (Wildman–Crippen LogP) is 2.41. The first-order valence-corrected chi connectivity index (χ1v) is 7.29. The predicted molar refractivity (Wildman–Crippen MR) is 77.8 cm³/mol. The van der Waals surface area contributed by atoms with Crippen LogP contribution in [0.3, 0.4) is 0 Å². The Morgan fingerprint density at radius 2 is 1.89 bits per heavy atom. The first-order chi connectivity index (χ1) is 8.67. The number of hydrogen-bond acceptors (Lipinski definition) is 3. The minimum atomic E-state index is -0.0513. The van der Waals surface area contributed by atoms with Gasteiger partial charge in [-0.05, 0) is 38.1 Å². The zero-order chi connectivity index (χ0) is 13.4. The van der Waals surface area contributed by atoms with E-state index in [0.717, 1.165) is 18.0 Å². The van der Waals surface area contributed by atoms with Gasteiger partial charge in [-0.1, -0.05) is 19.1 Å². The highest BCUT2D eigenvalue weighted by Crippen LogP contribution is 2.23. The molecule has 4 heteroatoms. The number of hydrogen-bond donors (Lipinski definition) is 2. The van der Waals surface area contributed by atoms with E-state index in [1.165, 1.54) is 5.56 Å². The maximum atomic E-state index is 11.6. The van der Waals surface area contributed by atoms with Gasteiger partial charge in [0.2, 0.25) is 5.91 Å². The summed E-state index contributed by atoms with van der Waals surface area (Å²) in [6.07, 6.45) is 0. The van der Waals surface area contributed by atoms with E-state index in [1.807, 2.05) is 13.8 Å². The lowest BCUT2D eigenvalue weighted by Crippen LogP contribution is -2.30. The number of benzene rings is 1. The molecule has 1 amide bonds. The fourth-order valence-corrected chi connectivity index (χ4v) is 2.42. The van der Waals surface area contributed by atoms with Gasteiger partial charge in [-0.25, -0.2) is 0 Å². The van der Waals surface area contributed by atoms with E-state index in [1.54, 1.807) is 11.8 Å². The van der Waals surface area contributed by atoms with E-state index in [-0.39, 0.29) is 11.2 Å². The van der Waals surface area contributed by atoms with Gasteiger partial charge >= 0.3 is 0 Å². The third kappa shape index (κ3) is 5.10. The summed E-state index contributed by atoms with van der Waals surface area (Å²) in [4.78, 5) is 12.7. The number of thioether (sulfide) groups is 1. The Hall–Kier alpha value is -1.00. The van der Waals surface area contributed by atoms with Crippen LogP contribution in [0.4, 0.5) is 0 Å². The first-order valence-electron chi connectivity index (χ1n) is 6.41. The van der Waals surface area contributed by atoms with Crippen molar-refractivity contribution in [1.29, 1.82) is 0 Å². The molecule has 0 spiro atoms. The highest BCUT2D eigenvalue weighted by atomic mass is 32.2. The molecule has 18 heavy (non-hydrogen) atoms. The molecule has 0 saturated heterocycles. The molecule has 3 nitrogen and oxygen atoms in total. The van der Waals surface area contributed by atoms with Gasteiger partial charge in [-0.15, -0.1) is 11.8 Å². The van der Waals surface area contributed by atoms with Crippen LogP contribution in [-0.4, -0.2) is 24.2 Å². The van der Waals surface area contributed by atoms with E-state index in [0.29, 0.717) is 6.54 Å². The molecule has 0 bridgehead atoms. The Balaban J connectivity index is 2.50. The van der Waals surface area contributed by atoms with Crippen LogP contribution >= 0.6 is 11.8 Å². The molecule has 0 aromatic heterocycles. The van der Waals surface area contributed by atoms with E-state index >= 15 is 0 Å². The third-order valence-corrected chi connectivity index (χ3v) is 3.65. The van der Waals surface area contributed by atoms with Crippen LogP contribution in [0.25, 0.3) is 0 Å². The molecule has 0 radical (unpaired) electrons. The summed E-state index contributed by atoms with van der Waals surface area (Å²) < 4.78 is 0. The zero-order valence-electron chi connectivity index (χ0n) is 11.3. The van der Waals surface area contributed by atoms with Crippen molar-refractivity contribution in [3.05, 3.63) is 29.8 Å². The second-order valence-electron chi connectivity index (χ2n) is 4.08. The lowest BCUT2D eigenvalue weighted by Gasteiger charge is -2.11. The van der Waals surface area contributed by atoms with E-state index in [2.05, 4.69) is 41.8 Å². The molecule has 0 aliphatic heterocycles. The second-order valence-corrected chi connectivity index (χ2v) is 5.49. The Morgan fingerprint density at radius 3 is 2.44 bits per heavy atom. The number of amides is 1. The average molecular weight is 266 g/mol. The van der Waals surface area contributed by atoms with Crippen LogP contribution in [0, 0.1) is 0 Å². The minimum absolute atomic E-state index is 0.0513. The van der Waals surface area contributed by atoms with E-state index in [9.17, 15) is 4.79 Å². The Bertz CT molecular complexity index is 365. The van der Waals surface area contributed by atoms with Crippen LogP contribution in [0.5, 0.6) is 0 Å². The summed E-state index contributed by atoms with van der Waals surface area (Å²) in [7, 11) is 0. The summed E-state index contributed by atoms with van der Waals surface area (Å²) in [6.45, 7) is 8.52. The van der Waals surface area contributed by atoms with Crippen LogP contribution in [0.1, 0.15) is 26.3 Å². The third-order valence-electron chi connectivity index (χ3n) is 2.54. The van der Waals surface area contributed by atoms with Crippen LogP contribution in [-0.2, 0) is 11.3 Å². The maximum Gasteiger partial charge on any atom is 0.233 e. The fourth-order valence-electron chi connectivity index (χ4n) is 1.53. The van der Waals surface area contributed by atoms with Gasteiger partial charge in [-0.2, -0.15) is 0 Å². The molecule has 2 N–H and O–H groups in total. The molecule has 0 fully saturated rings. The largest absolute Gasteiger partial charge is 0.355 e. The highest BCUT2D eigenvalue weighted by Gasteiger charge is 2.12. The Morgan fingerprint density at radius 1 is 1.22 bits per heavy atom. The molecule has 0 aliphatic carbocycles. The first kappa shape index (κ1) is 15.1. The fraction of sp³-hybridized carbons (Fsp3) is 0.500. The summed E-state index contributed by atoms with van der Waals surface area (Å²) in [5.41, 5.74) is 1.27. The van der Waals surface area contributed by atoms with Crippen LogP contribution < -0.4 is 10.6 Å². The topological polar surface area (TPSA) is 41.1 Å². The van der Waals surface area contributed by atoms with Crippen molar-refractivity contribution in [2.45, 2.75) is 37.5 Å². The standard InChI is InChI=1S/C14H22N2OS/c1-4-15-10-12-6-8-13(9-7-12)18-11(3)14(17)16-5-2/h6-9,11,15H,4-5,10H2,1-3H3,(H,16,17). The van der Waals surface area contributed by atoms with Crippen molar-refractivity contribution >= 4 is 17.7 Å². The summed E-state index contributed by atoms with van der Waals surface area (Å²) in [6, 6.07) is 8.37. The zero-order valence-corrected chi connectivity index (χ0v) is 12.1. The van der Waals surface area contributed by atoms with Crippen LogP contribution in [0.15, 0.2) is 29.2 Å². The van der Waals surface area contributed by atoms with Gasteiger partial charge < -0.3 is 10.6 Å². The van der Waals surface area contributed by atoms with Gasteiger partial charge in [0, 0.05) is 18.0 Å². The van der Waals surface area contributed by atoms with Gasteiger partial charge in [0.15, 0.2) is 0 Å². The molecule has 0 heterocycles. The quantitative estimate of drug-likeness (QED) is 0.745. The SMILES string of the molecule is CCNCc1ccc(SC(C)C(=O)NCC)cc1. The molecule has 1 atom stereocenters. The molecule has 1 unspecified atom stereocenters. The van der Waals surface area contributed by atoms with Crippen molar-refractivity contribution in [1.82, 2.24) is 10.6 Å². The Kier molecular flexibility index (Phi) is 6.83. The van der Waals surface area contributed by atoms with Gasteiger partial charge in [-0.3, -0.25) is 4.79 Å². The molecular weight excluding hydrogens is 244 g/mol. The second kappa shape index (κ2) is 8.16. The lowest BCUT2D eigenvalue weighted by atomic mass is 10.2. The van der Waals surface area contributed by atoms with Crippen molar-refractivity contribution < 1.29 is 4.79 Å². The number of carbonyl (C=O) groups excluding carboxylic acids is 1. The van der Waals surface area contributed by atoms with E-state index < -0.39 is 0 Å². The van der Waals surface area contributed by atoms with Crippen LogP contribution in [0.2, 0.25) is 0 Å². The average Bonchev–Trinajstić information content (AvgIpc) is 2.38. The summed E-state index contributed by atoms with van der Waals surface area (Å²) in [5.74, 6) is 0.0965. The van der Waals surface area contributed by atoms with Crippen molar-refractivity contribution in [2.75, 3.05) is 13.1 Å². The number of nitrogens with one attached hydrogen (secondary N) is 2. The molecule has 1 aromatic rings. The summed E-state index contributed by atoms with van der Waals surface area (Å²) >= 11 is 1.59. The normalized spacial score (nSPS) is 12.2. The van der Waals surface area contributed by atoms with Crippen molar-refractivity contribution in [2.24, 2.45) is 0 Å². The molecule has 0 saturated carbocycles. The molecule has 1 rings (SSSR count). The highest BCUT2D eigenvalue weighted by molar-refractivity contribution is 8.00. The minimum Gasteiger partial charge on any atom is -0.355 e.